The van der Waals surface area contributed by atoms with Crippen molar-refractivity contribution < 1.29 is 9.53 Å². The average Bonchev–Trinajstić information content (AvgIpc) is 2.84. The summed E-state index contributed by atoms with van der Waals surface area (Å²) < 4.78 is 7.05. The Morgan fingerprint density at radius 3 is 3.06 bits per heavy atom. The van der Waals surface area contributed by atoms with Gasteiger partial charge in [0.2, 0.25) is 0 Å². The van der Waals surface area contributed by atoms with Crippen LogP contribution in [-0.4, -0.2) is 22.7 Å². The van der Waals surface area contributed by atoms with Crippen LogP contribution in [0.3, 0.4) is 0 Å². The largest absolute Gasteiger partial charge is 0.497 e. The number of hydrogen-bond donors (Lipinski definition) is 0. The number of benzene rings is 1. The Balaban J connectivity index is 2.09. The predicted molar refractivity (Wildman–Crippen MR) is 67.4 cm³/mol. The van der Waals surface area contributed by atoms with E-state index >= 15 is 0 Å². The summed E-state index contributed by atoms with van der Waals surface area (Å²) in [6.07, 6.45) is 4.12. The van der Waals surface area contributed by atoms with E-state index in [4.69, 9.17) is 4.74 Å². The highest BCUT2D eigenvalue weighted by Crippen LogP contribution is 2.25. The molecule has 92 valence electrons. The van der Waals surface area contributed by atoms with Gasteiger partial charge in [0.05, 0.1) is 30.3 Å². The van der Waals surface area contributed by atoms with Gasteiger partial charge in [-0.1, -0.05) is 6.07 Å². The molecule has 4 heteroatoms. The summed E-state index contributed by atoms with van der Waals surface area (Å²) in [6.45, 7) is 0. The lowest BCUT2D eigenvalue weighted by molar-refractivity contribution is 0.0972. The fraction of sp³-hybridized carbons (Fsp3) is 0.286. The second-order valence-electron chi connectivity index (χ2n) is 4.39. The molecule has 0 amide bonds. The molecule has 0 bridgehead atoms. The number of aromatic nitrogens is 2. The molecule has 0 fully saturated rings. The lowest BCUT2D eigenvalue weighted by Crippen LogP contribution is -2.12. The van der Waals surface area contributed by atoms with Crippen LogP contribution in [0.4, 0.5) is 0 Å². The molecule has 1 aliphatic carbocycles. The molecule has 1 aromatic heterocycles. The fourth-order valence-corrected chi connectivity index (χ4v) is 2.36. The smallest absolute Gasteiger partial charge is 0.166 e. The Bertz CT molecular complexity index is 602. The SMILES string of the molecule is COc1cccc(-n2ncc3c2CCCC3=O)c1. The molecule has 1 aromatic carbocycles. The Labute approximate surface area is 105 Å². The highest BCUT2D eigenvalue weighted by atomic mass is 16.5. The van der Waals surface area contributed by atoms with Gasteiger partial charge in [-0.3, -0.25) is 4.79 Å². The summed E-state index contributed by atoms with van der Waals surface area (Å²) in [7, 11) is 1.64. The van der Waals surface area contributed by atoms with Crippen LogP contribution in [0.5, 0.6) is 5.75 Å². The topological polar surface area (TPSA) is 44.1 Å². The highest BCUT2D eigenvalue weighted by Gasteiger charge is 2.22. The standard InChI is InChI=1S/C14H14N2O2/c1-18-11-5-2-4-10(8-11)16-13-6-3-7-14(17)12(13)9-15-16/h2,4-5,8-9H,3,6-7H2,1H3. The zero-order valence-corrected chi connectivity index (χ0v) is 10.2. The monoisotopic (exact) mass is 242 g/mol. The number of rotatable bonds is 2. The minimum Gasteiger partial charge on any atom is -0.497 e. The van der Waals surface area contributed by atoms with Crippen molar-refractivity contribution in [3.63, 3.8) is 0 Å². The molecule has 0 spiro atoms. The molecule has 0 unspecified atom stereocenters. The molecule has 1 heterocycles. The van der Waals surface area contributed by atoms with Crippen molar-refractivity contribution in [2.24, 2.45) is 0 Å². The number of hydrogen-bond acceptors (Lipinski definition) is 3. The average molecular weight is 242 g/mol. The van der Waals surface area contributed by atoms with E-state index in [1.807, 2.05) is 28.9 Å². The Hall–Kier alpha value is -2.10. The van der Waals surface area contributed by atoms with Crippen LogP contribution in [0.2, 0.25) is 0 Å². The first-order valence-electron chi connectivity index (χ1n) is 6.04. The first-order valence-corrected chi connectivity index (χ1v) is 6.04. The van der Waals surface area contributed by atoms with Crippen molar-refractivity contribution in [3.8, 4) is 11.4 Å². The van der Waals surface area contributed by atoms with Crippen LogP contribution in [0, 0.1) is 0 Å². The van der Waals surface area contributed by atoms with E-state index in [9.17, 15) is 4.79 Å². The summed E-state index contributed by atoms with van der Waals surface area (Å²) in [5.41, 5.74) is 2.72. The molecule has 1 aliphatic rings. The maximum Gasteiger partial charge on any atom is 0.166 e. The first kappa shape index (κ1) is 11.0. The van der Waals surface area contributed by atoms with Crippen LogP contribution < -0.4 is 4.74 Å². The quantitative estimate of drug-likeness (QED) is 0.812. The predicted octanol–water partition coefficient (Wildman–Crippen LogP) is 2.40. The van der Waals surface area contributed by atoms with Gasteiger partial charge in [0, 0.05) is 12.5 Å². The van der Waals surface area contributed by atoms with Crippen molar-refractivity contribution in [2.75, 3.05) is 7.11 Å². The molecule has 2 aromatic rings. The number of methoxy groups -OCH3 is 1. The zero-order chi connectivity index (χ0) is 12.5. The zero-order valence-electron chi connectivity index (χ0n) is 10.2. The van der Waals surface area contributed by atoms with E-state index in [1.54, 1.807) is 13.3 Å². The van der Waals surface area contributed by atoms with Crippen LogP contribution in [0.15, 0.2) is 30.5 Å². The second-order valence-corrected chi connectivity index (χ2v) is 4.39. The Kier molecular flexibility index (Phi) is 2.63. The van der Waals surface area contributed by atoms with Gasteiger partial charge in [-0.15, -0.1) is 0 Å². The van der Waals surface area contributed by atoms with E-state index in [2.05, 4.69) is 5.10 Å². The number of carbonyl (C=O) groups excluding carboxylic acids is 1. The number of carbonyl (C=O) groups is 1. The van der Waals surface area contributed by atoms with Crippen molar-refractivity contribution in [2.45, 2.75) is 19.3 Å². The molecule has 0 atom stereocenters. The van der Waals surface area contributed by atoms with Crippen LogP contribution >= 0.6 is 0 Å². The summed E-state index contributed by atoms with van der Waals surface area (Å²) in [6, 6.07) is 7.71. The van der Waals surface area contributed by atoms with E-state index in [0.717, 1.165) is 35.5 Å². The summed E-state index contributed by atoms with van der Waals surface area (Å²) in [5, 5.41) is 4.33. The molecule has 0 saturated carbocycles. The van der Waals surface area contributed by atoms with Gasteiger partial charge in [0.1, 0.15) is 5.75 Å². The second kappa shape index (κ2) is 4.29. The number of ether oxygens (including phenoxy) is 1. The van der Waals surface area contributed by atoms with E-state index < -0.39 is 0 Å². The van der Waals surface area contributed by atoms with E-state index in [0.29, 0.717) is 6.42 Å². The fourth-order valence-electron chi connectivity index (χ4n) is 2.36. The van der Waals surface area contributed by atoms with Gasteiger partial charge >= 0.3 is 0 Å². The van der Waals surface area contributed by atoms with Gasteiger partial charge in [-0.25, -0.2) is 4.68 Å². The molecule has 0 aliphatic heterocycles. The Morgan fingerprint density at radius 1 is 1.33 bits per heavy atom. The summed E-state index contributed by atoms with van der Waals surface area (Å²) >= 11 is 0. The molecule has 4 nitrogen and oxygen atoms in total. The molecule has 0 saturated heterocycles. The van der Waals surface area contributed by atoms with Gasteiger partial charge < -0.3 is 4.74 Å². The minimum atomic E-state index is 0.199. The maximum atomic E-state index is 11.8. The van der Waals surface area contributed by atoms with Crippen LogP contribution in [-0.2, 0) is 6.42 Å². The molecular weight excluding hydrogens is 228 g/mol. The number of fused-ring (bicyclic) bond motifs is 1. The maximum absolute atomic E-state index is 11.8. The molecule has 0 N–H and O–H groups in total. The van der Waals surface area contributed by atoms with Gasteiger partial charge in [0.15, 0.2) is 5.78 Å². The van der Waals surface area contributed by atoms with Crippen molar-refractivity contribution >= 4 is 5.78 Å². The van der Waals surface area contributed by atoms with Crippen molar-refractivity contribution in [1.82, 2.24) is 9.78 Å². The first-order chi connectivity index (χ1) is 8.79. The van der Waals surface area contributed by atoms with Crippen LogP contribution in [0.25, 0.3) is 5.69 Å². The lowest BCUT2D eigenvalue weighted by atomic mass is 9.97. The molecular formula is C14H14N2O2. The normalized spacial score (nSPS) is 14.4. The van der Waals surface area contributed by atoms with Crippen LogP contribution in [0.1, 0.15) is 28.9 Å². The number of Topliss-reactive ketones (excluding diaryl/α,β-unsaturated/α-hetero) is 1. The number of nitrogens with zero attached hydrogens (tertiary/aromatic N) is 2. The number of ketones is 1. The van der Waals surface area contributed by atoms with Crippen molar-refractivity contribution in [1.29, 1.82) is 0 Å². The Morgan fingerprint density at radius 2 is 2.22 bits per heavy atom. The molecule has 3 rings (SSSR count). The summed E-state index contributed by atoms with van der Waals surface area (Å²) in [4.78, 5) is 11.8. The highest BCUT2D eigenvalue weighted by molar-refractivity contribution is 5.98. The van der Waals surface area contributed by atoms with Gasteiger partial charge in [-0.2, -0.15) is 5.10 Å². The molecule has 0 radical (unpaired) electrons. The third kappa shape index (κ3) is 1.70. The lowest BCUT2D eigenvalue weighted by Gasteiger charge is -2.13. The van der Waals surface area contributed by atoms with Gasteiger partial charge in [0.25, 0.3) is 0 Å². The molecule has 18 heavy (non-hydrogen) atoms. The minimum absolute atomic E-state index is 0.199. The van der Waals surface area contributed by atoms with E-state index in [1.165, 1.54) is 0 Å². The third-order valence-electron chi connectivity index (χ3n) is 3.28. The third-order valence-corrected chi connectivity index (χ3v) is 3.28. The van der Waals surface area contributed by atoms with Gasteiger partial charge in [-0.05, 0) is 25.0 Å². The van der Waals surface area contributed by atoms with Crippen molar-refractivity contribution in [3.05, 3.63) is 41.7 Å². The summed E-state index contributed by atoms with van der Waals surface area (Å²) in [5.74, 6) is 0.990. The van der Waals surface area contributed by atoms with E-state index in [-0.39, 0.29) is 5.78 Å².